The number of benzene rings is 1. The van der Waals surface area contributed by atoms with E-state index < -0.39 is 0 Å². The molecule has 267 valence electrons. The van der Waals surface area contributed by atoms with E-state index in [9.17, 15) is 0 Å². The summed E-state index contributed by atoms with van der Waals surface area (Å²) in [5.74, 6) is 1.61. The minimum atomic E-state index is 0.520. The van der Waals surface area contributed by atoms with E-state index in [2.05, 4.69) is 123 Å². The predicted molar refractivity (Wildman–Crippen MR) is 209 cm³/mol. The molecule has 0 bridgehead atoms. The maximum atomic E-state index is 4.26. The maximum absolute atomic E-state index is 4.26. The third kappa shape index (κ3) is 13.2. The van der Waals surface area contributed by atoms with Gasteiger partial charge in [0, 0.05) is 49.6 Å². The Kier molecular flexibility index (Phi) is 17.9. The standard InChI is InChI=1S/C24H28N2.2C10H8N2.ClH.Ni/c1-3-20(22-9-13-25-14-10-22)18-24(23-11-15-26-16-12-23)17-19(2)21-7-5-4-6-8-21;2*1-3-7-11-9(5-1)10-6-2-4-8-12-10;;/h4-16,19-20,24H,3,17-18H2,1-2H3;2*1-8H;1H;/q;;;;+1/p-1. The summed E-state index contributed by atoms with van der Waals surface area (Å²) >= 11 is 3.35. The monoisotopic (exact) mass is 749 g/mol. The van der Waals surface area contributed by atoms with Gasteiger partial charge in [0.2, 0.25) is 0 Å². The van der Waals surface area contributed by atoms with Crippen molar-refractivity contribution in [2.24, 2.45) is 0 Å². The largest absolute Gasteiger partial charge is 0.255 e. The summed E-state index contributed by atoms with van der Waals surface area (Å²) in [6.45, 7) is 4.63. The second-order valence-electron chi connectivity index (χ2n) is 12.0. The zero-order valence-electron chi connectivity index (χ0n) is 29.5. The van der Waals surface area contributed by atoms with Gasteiger partial charge < -0.3 is 0 Å². The van der Waals surface area contributed by atoms with Gasteiger partial charge in [0.1, 0.15) is 0 Å². The van der Waals surface area contributed by atoms with Gasteiger partial charge in [0.25, 0.3) is 0 Å². The van der Waals surface area contributed by atoms with Crippen molar-refractivity contribution in [2.45, 2.75) is 50.9 Å². The molecule has 0 aliphatic rings. The molecule has 0 radical (unpaired) electrons. The van der Waals surface area contributed by atoms with Crippen molar-refractivity contribution in [3.05, 3.63) is 194 Å². The fraction of sp³-hybridized carbons (Fsp3) is 0.182. The fourth-order valence-electron chi connectivity index (χ4n) is 5.92. The summed E-state index contributed by atoms with van der Waals surface area (Å²) in [4.78, 5) is 25.1. The maximum Gasteiger partial charge on any atom is 0.0886 e. The smallest absolute Gasteiger partial charge is 0.0886 e. The van der Waals surface area contributed by atoms with E-state index in [0.29, 0.717) is 17.8 Å². The Morgan fingerprint density at radius 1 is 0.423 bits per heavy atom. The number of pyridine rings is 6. The first-order chi connectivity index (χ1) is 25.7. The van der Waals surface area contributed by atoms with Gasteiger partial charge in [-0.05, 0) is 127 Å². The molecule has 6 aromatic heterocycles. The third-order valence-corrected chi connectivity index (χ3v) is 8.61. The van der Waals surface area contributed by atoms with E-state index >= 15 is 0 Å². The van der Waals surface area contributed by atoms with Crippen LogP contribution in [-0.2, 0) is 14.6 Å². The summed E-state index contributed by atoms with van der Waals surface area (Å²) in [7, 11) is 4.26. The van der Waals surface area contributed by atoms with Gasteiger partial charge >= 0.3 is 24.8 Å². The second-order valence-corrected chi connectivity index (χ2v) is 12.0. The molecule has 7 rings (SSSR count). The van der Waals surface area contributed by atoms with Gasteiger partial charge in [-0.2, -0.15) is 0 Å². The van der Waals surface area contributed by atoms with Crippen molar-refractivity contribution >= 4 is 10.2 Å². The molecule has 0 saturated heterocycles. The van der Waals surface area contributed by atoms with E-state index in [4.69, 9.17) is 0 Å². The number of nitrogens with zero attached hydrogens (tertiary/aromatic N) is 6. The molecule has 0 fully saturated rings. The molecule has 0 saturated carbocycles. The summed E-state index contributed by atoms with van der Waals surface area (Å²) in [6, 6.07) is 42.7. The quantitative estimate of drug-likeness (QED) is 0.130. The van der Waals surface area contributed by atoms with Gasteiger partial charge in [-0.25, -0.2) is 0 Å². The van der Waals surface area contributed by atoms with E-state index in [-0.39, 0.29) is 0 Å². The Morgan fingerprint density at radius 2 is 0.788 bits per heavy atom. The number of halogens is 1. The van der Waals surface area contributed by atoms with Gasteiger partial charge in [-0.1, -0.05) is 68.4 Å². The first-order valence-electron chi connectivity index (χ1n) is 17.3. The minimum absolute atomic E-state index is 0.520. The Labute approximate surface area is 320 Å². The van der Waals surface area contributed by atoms with Crippen LogP contribution in [0.1, 0.15) is 67.6 Å². The van der Waals surface area contributed by atoms with E-state index in [0.717, 1.165) is 42.0 Å². The molecular weight excluding hydrogens is 707 g/mol. The van der Waals surface area contributed by atoms with Crippen LogP contribution < -0.4 is 0 Å². The van der Waals surface area contributed by atoms with Crippen LogP contribution in [0, 0.1) is 0 Å². The molecule has 6 heterocycles. The van der Waals surface area contributed by atoms with Crippen molar-refractivity contribution in [1.29, 1.82) is 0 Å². The van der Waals surface area contributed by atoms with Gasteiger partial charge in [-0.3, -0.25) is 29.9 Å². The topological polar surface area (TPSA) is 77.3 Å². The van der Waals surface area contributed by atoms with Crippen molar-refractivity contribution < 1.29 is 14.6 Å². The molecule has 3 atom stereocenters. The van der Waals surface area contributed by atoms with Crippen molar-refractivity contribution in [3.8, 4) is 22.8 Å². The minimum Gasteiger partial charge on any atom is -0.255 e. The number of hydrogen-bond donors (Lipinski definition) is 0. The number of hydrogen-bond acceptors (Lipinski definition) is 6. The molecule has 0 spiro atoms. The van der Waals surface area contributed by atoms with Crippen LogP contribution in [0.4, 0.5) is 0 Å². The van der Waals surface area contributed by atoms with E-state index in [1.807, 2.05) is 97.6 Å². The molecule has 0 aliphatic heterocycles. The Bertz CT molecular complexity index is 1740. The average Bonchev–Trinajstić information content (AvgIpc) is 3.25. The molecule has 0 N–H and O–H groups in total. The Morgan fingerprint density at radius 3 is 1.13 bits per heavy atom. The summed E-state index contributed by atoms with van der Waals surface area (Å²) < 4.78 is 0. The van der Waals surface area contributed by atoms with Crippen LogP contribution in [0.5, 0.6) is 0 Å². The molecule has 1 aromatic carbocycles. The first-order valence-corrected chi connectivity index (χ1v) is 18.7. The van der Waals surface area contributed by atoms with Crippen LogP contribution in [0.3, 0.4) is 0 Å². The summed E-state index contributed by atoms with van der Waals surface area (Å²) in [6.07, 6.45) is 18.2. The van der Waals surface area contributed by atoms with Crippen molar-refractivity contribution in [2.75, 3.05) is 0 Å². The Balaban J connectivity index is 0.000000192. The van der Waals surface area contributed by atoms with Crippen LogP contribution in [0.25, 0.3) is 22.8 Å². The SMILES string of the molecule is CCC(CC(CC(C)c1ccccc1)c1ccncc1)c1ccncc1.[Cl][Ni].c1ccc(-c2ccccn2)nc1.c1ccc(-c2ccccn2)nc1. The van der Waals surface area contributed by atoms with Gasteiger partial charge in [-0.15, -0.1) is 0 Å². The van der Waals surface area contributed by atoms with Crippen LogP contribution in [0.2, 0.25) is 0 Å². The van der Waals surface area contributed by atoms with Crippen LogP contribution in [-0.4, -0.2) is 29.9 Å². The van der Waals surface area contributed by atoms with Crippen LogP contribution >= 0.6 is 10.2 Å². The molecular formula is C44H44ClN6Ni. The first kappa shape index (κ1) is 39.7. The zero-order chi connectivity index (χ0) is 36.6. The summed E-state index contributed by atoms with van der Waals surface area (Å²) in [5, 5.41) is 0. The summed E-state index contributed by atoms with van der Waals surface area (Å²) in [5.41, 5.74) is 7.88. The molecule has 3 unspecified atom stereocenters. The van der Waals surface area contributed by atoms with Crippen LogP contribution in [0.15, 0.2) is 177 Å². The fourth-order valence-corrected chi connectivity index (χ4v) is 5.92. The van der Waals surface area contributed by atoms with E-state index in [1.54, 1.807) is 24.8 Å². The molecule has 0 amide bonds. The molecule has 52 heavy (non-hydrogen) atoms. The van der Waals surface area contributed by atoms with Crippen molar-refractivity contribution in [1.82, 2.24) is 29.9 Å². The number of rotatable bonds is 10. The number of aromatic nitrogens is 6. The molecule has 7 aromatic rings. The zero-order valence-corrected chi connectivity index (χ0v) is 31.2. The second kappa shape index (κ2) is 23.4. The van der Waals surface area contributed by atoms with E-state index in [1.165, 1.54) is 16.7 Å². The Hall–Kier alpha value is -5.10. The molecule has 8 heteroatoms. The van der Waals surface area contributed by atoms with Gasteiger partial charge in [0.15, 0.2) is 0 Å². The molecule has 6 nitrogen and oxygen atoms in total. The van der Waals surface area contributed by atoms with Gasteiger partial charge in [0.05, 0.1) is 22.8 Å². The van der Waals surface area contributed by atoms with Crippen molar-refractivity contribution in [3.63, 3.8) is 0 Å². The predicted octanol–water partition coefficient (Wildman–Crippen LogP) is 11.3. The normalized spacial score (nSPS) is 11.9. The average molecular weight is 751 g/mol. The molecule has 0 aliphatic carbocycles. The third-order valence-electron chi connectivity index (χ3n) is 8.61.